The number of nitrogens with two attached hydrogens (primary N) is 1. The summed E-state index contributed by atoms with van der Waals surface area (Å²) in [5.41, 5.74) is 7.52. The number of aryl methyl sites for hydroxylation is 2. The van der Waals surface area contributed by atoms with Crippen molar-refractivity contribution in [1.82, 2.24) is 10.5 Å². The van der Waals surface area contributed by atoms with E-state index in [2.05, 4.69) is 10.5 Å². The molecule has 1 atom stereocenters. The van der Waals surface area contributed by atoms with E-state index >= 15 is 0 Å². The molecule has 2 rings (SSSR count). The largest absolute Gasteiger partial charge is 0.361 e. The van der Waals surface area contributed by atoms with Gasteiger partial charge in [-0.25, -0.2) is 0 Å². The summed E-state index contributed by atoms with van der Waals surface area (Å²) in [6, 6.07) is 0.100. The van der Waals surface area contributed by atoms with Gasteiger partial charge in [0, 0.05) is 18.2 Å². The Kier molecular flexibility index (Phi) is 7.18. The van der Waals surface area contributed by atoms with Crippen molar-refractivity contribution in [2.45, 2.75) is 58.4 Å². The standard InChI is InChI=1S/C15H25N3O2.ClH/c1-10-13(11(2)20-18-10)8-15(19)17-14(9-16)12-6-4-3-5-7-12;/h12,14H,3-9,16H2,1-2H3,(H,17,19);1H. The summed E-state index contributed by atoms with van der Waals surface area (Å²) < 4.78 is 5.09. The van der Waals surface area contributed by atoms with Crippen molar-refractivity contribution in [2.75, 3.05) is 6.54 Å². The number of aromatic nitrogens is 1. The van der Waals surface area contributed by atoms with Crippen LogP contribution in [0.2, 0.25) is 0 Å². The average molecular weight is 316 g/mol. The minimum Gasteiger partial charge on any atom is -0.361 e. The second-order valence-corrected chi connectivity index (χ2v) is 5.79. The first-order valence-corrected chi connectivity index (χ1v) is 7.53. The Morgan fingerprint density at radius 2 is 2.05 bits per heavy atom. The maximum Gasteiger partial charge on any atom is 0.224 e. The minimum atomic E-state index is 0. The third kappa shape index (κ3) is 4.71. The van der Waals surface area contributed by atoms with Crippen molar-refractivity contribution in [3.8, 4) is 0 Å². The van der Waals surface area contributed by atoms with E-state index in [-0.39, 0.29) is 24.4 Å². The molecule has 1 saturated carbocycles. The smallest absolute Gasteiger partial charge is 0.224 e. The van der Waals surface area contributed by atoms with Gasteiger partial charge in [-0.15, -0.1) is 12.4 Å². The number of rotatable bonds is 5. The third-order valence-electron chi connectivity index (χ3n) is 4.34. The van der Waals surface area contributed by atoms with Crippen LogP contribution in [0.25, 0.3) is 0 Å². The molecule has 0 saturated heterocycles. The quantitative estimate of drug-likeness (QED) is 0.873. The molecule has 1 aromatic rings. The summed E-state index contributed by atoms with van der Waals surface area (Å²) in [4.78, 5) is 12.2. The van der Waals surface area contributed by atoms with Gasteiger partial charge in [0.25, 0.3) is 0 Å². The molecule has 120 valence electrons. The number of halogens is 1. The number of carbonyl (C=O) groups is 1. The predicted octanol–water partition coefficient (Wildman–Crippen LogP) is 2.28. The van der Waals surface area contributed by atoms with E-state index in [0.29, 0.717) is 18.9 Å². The highest BCUT2D eigenvalue weighted by atomic mass is 35.5. The molecule has 1 aliphatic carbocycles. The zero-order chi connectivity index (χ0) is 14.5. The van der Waals surface area contributed by atoms with Gasteiger partial charge in [0.2, 0.25) is 5.91 Å². The Bertz CT molecular complexity index is 436. The molecule has 0 bridgehead atoms. The highest BCUT2D eigenvalue weighted by Gasteiger charge is 2.24. The van der Waals surface area contributed by atoms with E-state index in [0.717, 1.165) is 17.0 Å². The molecule has 1 aromatic heterocycles. The Morgan fingerprint density at radius 1 is 1.38 bits per heavy atom. The molecule has 1 unspecified atom stereocenters. The number of nitrogens with one attached hydrogen (secondary N) is 1. The van der Waals surface area contributed by atoms with Crippen LogP contribution in [0.15, 0.2) is 4.52 Å². The normalized spacial score (nSPS) is 17.1. The Morgan fingerprint density at radius 3 is 2.57 bits per heavy atom. The van der Waals surface area contributed by atoms with Gasteiger partial charge in [-0.3, -0.25) is 4.79 Å². The van der Waals surface area contributed by atoms with Crippen LogP contribution in [0.4, 0.5) is 0 Å². The molecule has 0 radical (unpaired) electrons. The molecule has 0 aliphatic heterocycles. The Labute approximate surface area is 132 Å². The predicted molar refractivity (Wildman–Crippen MR) is 84.5 cm³/mol. The van der Waals surface area contributed by atoms with Crippen molar-refractivity contribution in [3.05, 3.63) is 17.0 Å². The van der Waals surface area contributed by atoms with Crippen molar-refractivity contribution in [1.29, 1.82) is 0 Å². The molecule has 1 fully saturated rings. The summed E-state index contributed by atoms with van der Waals surface area (Å²) in [5.74, 6) is 1.27. The molecule has 21 heavy (non-hydrogen) atoms. The monoisotopic (exact) mass is 315 g/mol. The average Bonchev–Trinajstić information content (AvgIpc) is 2.77. The fourth-order valence-corrected chi connectivity index (χ4v) is 3.08. The molecule has 1 aliphatic rings. The maximum absolute atomic E-state index is 12.2. The second-order valence-electron chi connectivity index (χ2n) is 5.79. The Hall–Kier alpha value is -1.07. The van der Waals surface area contributed by atoms with Gasteiger partial charge in [0.1, 0.15) is 5.76 Å². The van der Waals surface area contributed by atoms with Gasteiger partial charge in [-0.2, -0.15) is 0 Å². The molecular formula is C15H26ClN3O2. The lowest BCUT2D eigenvalue weighted by Crippen LogP contribution is -2.46. The van der Waals surface area contributed by atoms with Gasteiger partial charge in [0.15, 0.2) is 0 Å². The van der Waals surface area contributed by atoms with Gasteiger partial charge in [0.05, 0.1) is 12.1 Å². The topological polar surface area (TPSA) is 81.2 Å². The summed E-state index contributed by atoms with van der Waals surface area (Å²) in [6.45, 7) is 4.21. The molecule has 5 nitrogen and oxygen atoms in total. The van der Waals surface area contributed by atoms with E-state index in [1.165, 1.54) is 32.1 Å². The first kappa shape index (κ1) is 18.0. The lowest BCUT2D eigenvalue weighted by molar-refractivity contribution is -0.121. The summed E-state index contributed by atoms with van der Waals surface area (Å²) in [7, 11) is 0. The molecule has 1 heterocycles. The number of hydrogen-bond acceptors (Lipinski definition) is 4. The van der Waals surface area contributed by atoms with E-state index < -0.39 is 0 Å². The lowest BCUT2D eigenvalue weighted by atomic mass is 9.84. The van der Waals surface area contributed by atoms with Crippen LogP contribution in [-0.2, 0) is 11.2 Å². The van der Waals surface area contributed by atoms with Gasteiger partial charge >= 0.3 is 0 Å². The maximum atomic E-state index is 12.2. The van der Waals surface area contributed by atoms with Gasteiger partial charge in [-0.05, 0) is 32.6 Å². The number of amides is 1. The van der Waals surface area contributed by atoms with E-state index in [4.69, 9.17) is 10.3 Å². The lowest BCUT2D eigenvalue weighted by Gasteiger charge is -2.30. The third-order valence-corrected chi connectivity index (χ3v) is 4.34. The molecule has 1 amide bonds. The summed E-state index contributed by atoms with van der Waals surface area (Å²) in [5, 5.41) is 6.97. The SMILES string of the molecule is Cc1noc(C)c1CC(=O)NC(CN)C1CCCCC1.Cl. The number of nitrogens with zero attached hydrogens (tertiary/aromatic N) is 1. The summed E-state index contributed by atoms with van der Waals surface area (Å²) >= 11 is 0. The van der Waals surface area contributed by atoms with Crippen LogP contribution in [0.3, 0.4) is 0 Å². The number of hydrogen-bond donors (Lipinski definition) is 2. The van der Waals surface area contributed by atoms with E-state index in [1.807, 2.05) is 13.8 Å². The summed E-state index contributed by atoms with van der Waals surface area (Å²) in [6.07, 6.45) is 6.48. The number of carbonyl (C=O) groups excluding carboxylic acids is 1. The van der Waals surface area contributed by atoms with Crippen molar-refractivity contribution < 1.29 is 9.32 Å². The minimum absolute atomic E-state index is 0. The van der Waals surface area contributed by atoms with Crippen LogP contribution in [0.1, 0.15) is 49.1 Å². The van der Waals surface area contributed by atoms with E-state index in [9.17, 15) is 4.79 Å². The molecule has 0 aromatic carbocycles. The highest BCUT2D eigenvalue weighted by Crippen LogP contribution is 2.26. The van der Waals surface area contributed by atoms with Crippen LogP contribution in [-0.4, -0.2) is 23.7 Å². The first-order valence-electron chi connectivity index (χ1n) is 7.53. The molecule has 6 heteroatoms. The first-order chi connectivity index (χ1) is 9.61. The van der Waals surface area contributed by atoms with Crippen LogP contribution >= 0.6 is 12.4 Å². The van der Waals surface area contributed by atoms with Crippen molar-refractivity contribution in [3.63, 3.8) is 0 Å². The van der Waals surface area contributed by atoms with Gasteiger partial charge < -0.3 is 15.6 Å². The molecule has 0 spiro atoms. The fraction of sp³-hybridized carbons (Fsp3) is 0.733. The second kappa shape index (κ2) is 8.39. The van der Waals surface area contributed by atoms with Crippen LogP contribution in [0, 0.1) is 19.8 Å². The zero-order valence-corrected chi connectivity index (χ0v) is 13.7. The Balaban J connectivity index is 0.00000220. The van der Waals surface area contributed by atoms with E-state index in [1.54, 1.807) is 0 Å². The fourth-order valence-electron chi connectivity index (χ4n) is 3.08. The van der Waals surface area contributed by atoms with Gasteiger partial charge in [-0.1, -0.05) is 24.4 Å². The van der Waals surface area contributed by atoms with Crippen molar-refractivity contribution >= 4 is 18.3 Å². The van der Waals surface area contributed by atoms with Crippen molar-refractivity contribution in [2.24, 2.45) is 11.7 Å². The zero-order valence-electron chi connectivity index (χ0n) is 12.9. The molecular weight excluding hydrogens is 290 g/mol. The molecule has 3 N–H and O–H groups in total. The van der Waals surface area contributed by atoms with Crippen LogP contribution in [0.5, 0.6) is 0 Å². The van der Waals surface area contributed by atoms with Crippen LogP contribution < -0.4 is 11.1 Å². The highest BCUT2D eigenvalue weighted by molar-refractivity contribution is 5.85.